The van der Waals surface area contributed by atoms with E-state index < -0.39 is 5.41 Å². The van der Waals surface area contributed by atoms with Gasteiger partial charge in [0.25, 0.3) is 0 Å². The van der Waals surface area contributed by atoms with Gasteiger partial charge in [0.15, 0.2) is 0 Å². The Balaban J connectivity index is 2.46. The standard InChI is InChI=1S/C24H22N2O/c1-5-20-10-12-21(13-11-20)24(19(4)26-27,22-14-15-25-18(3)16-22)23-9-7-6-8-17(23)2/h1,6-16,27H,2-4H3/t24-/m0/s1. The molecular weight excluding hydrogens is 332 g/mol. The molecule has 2 aromatic carbocycles. The lowest BCUT2D eigenvalue weighted by Gasteiger charge is -2.36. The first-order valence-electron chi connectivity index (χ1n) is 8.79. The fourth-order valence-corrected chi connectivity index (χ4v) is 3.75. The normalized spacial score (nSPS) is 13.6. The van der Waals surface area contributed by atoms with E-state index in [1.807, 2.05) is 62.4 Å². The Morgan fingerprint density at radius 2 is 1.74 bits per heavy atom. The van der Waals surface area contributed by atoms with E-state index in [1.54, 1.807) is 6.20 Å². The molecule has 0 saturated carbocycles. The van der Waals surface area contributed by atoms with Gasteiger partial charge < -0.3 is 5.21 Å². The molecule has 0 bridgehead atoms. The Hall–Kier alpha value is -3.38. The number of rotatable bonds is 4. The molecule has 3 nitrogen and oxygen atoms in total. The van der Waals surface area contributed by atoms with Crippen LogP contribution in [-0.4, -0.2) is 15.9 Å². The predicted molar refractivity (Wildman–Crippen MR) is 109 cm³/mol. The lowest BCUT2D eigenvalue weighted by atomic mass is 9.65. The molecule has 1 heterocycles. The second-order valence-corrected chi connectivity index (χ2v) is 6.66. The van der Waals surface area contributed by atoms with Crippen molar-refractivity contribution in [1.82, 2.24) is 4.98 Å². The third-order valence-corrected chi connectivity index (χ3v) is 5.06. The van der Waals surface area contributed by atoms with E-state index in [0.29, 0.717) is 5.71 Å². The summed E-state index contributed by atoms with van der Waals surface area (Å²) in [6.45, 7) is 5.87. The van der Waals surface area contributed by atoms with Crippen LogP contribution in [0.15, 0.2) is 72.0 Å². The summed E-state index contributed by atoms with van der Waals surface area (Å²) < 4.78 is 0. The summed E-state index contributed by atoms with van der Waals surface area (Å²) in [4.78, 5) is 4.35. The van der Waals surface area contributed by atoms with Gasteiger partial charge in [-0.15, -0.1) is 6.42 Å². The Kier molecular flexibility index (Phi) is 5.09. The largest absolute Gasteiger partial charge is 0.411 e. The summed E-state index contributed by atoms with van der Waals surface area (Å²) in [6, 6.07) is 20.0. The van der Waals surface area contributed by atoms with Gasteiger partial charge in [-0.1, -0.05) is 47.5 Å². The zero-order valence-corrected chi connectivity index (χ0v) is 15.8. The number of pyridine rings is 1. The van der Waals surface area contributed by atoms with Gasteiger partial charge in [-0.3, -0.25) is 4.98 Å². The molecule has 3 heteroatoms. The van der Waals surface area contributed by atoms with Crippen LogP contribution in [0.4, 0.5) is 0 Å². The van der Waals surface area contributed by atoms with E-state index in [4.69, 9.17) is 6.42 Å². The highest BCUT2D eigenvalue weighted by Gasteiger charge is 2.41. The minimum atomic E-state index is -0.749. The average Bonchev–Trinajstić information content (AvgIpc) is 2.70. The molecule has 3 aromatic rings. The SMILES string of the molecule is C#Cc1ccc([C@@](C(C)=NO)(c2ccnc(C)c2)c2ccccc2C)cc1. The molecule has 0 radical (unpaired) electrons. The van der Waals surface area contributed by atoms with E-state index in [2.05, 4.69) is 35.1 Å². The molecule has 0 aliphatic rings. The second-order valence-electron chi connectivity index (χ2n) is 6.66. The molecular formula is C24H22N2O. The predicted octanol–water partition coefficient (Wildman–Crippen LogP) is 4.86. The number of aromatic nitrogens is 1. The van der Waals surface area contributed by atoms with Crippen LogP contribution in [0.3, 0.4) is 0 Å². The highest BCUT2D eigenvalue weighted by molar-refractivity contribution is 6.00. The molecule has 0 unspecified atom stereocenters. The van der Waals surface area contributed by atoms with Crippen molar-refractivity contribution in [3.05, 3.63) is 100 Å². The van der Waals surface area contributed by atoms with E-state index in [-0.39, 0.29) is 0 Å². The first-order chi connectivity index (χ1) is 13.0. The Morgan fingerprint density at radius 3 is 2.33 bits per heavy atom. The number of nitrogens with zero attached hydrogens (tertiary/aromatic N) is 2. The maximum absolute atomic E-state index is 9.86. The zero-order valence-electron chi connectivity index (χ0n) is 15.8. The van der Waals surface area contributed by atoms with Crippen LogP contribution in [-0.2, 0) is 5.41 Å². The monoisotopic (exact) mass is 354 g/mol. The molecule has 0 amide bonds. The summed E-state index contributed by atoms with van der Waals surface area (Å²) in [6.07, 6.45) is 7.33. The van der Waals surface area contributed by atoms with Gasteiger partial charge in [-0.05, 0) is 67.3 Å². The first kappa shape index (κ1) is 18.4. The van der Waals surface area contributed by atoms with Gasteiger partial charge in [0, 0.05) is 17.5 Å². The molecule has 0 aliphatic heterocycles. The van der Waals surface area contributed by atoms with Crippen LogP contribution < -0.4 is 0 Å². The van der Waals surface area contributed by atoms with Gasteiger partial charge in [0.2, 0.25) is 0 Å². The summed E-state index contributed by atoms with van der Waals surface area (Å²) in [5.41, 5.74) is 5.68. The van der Waals surface area contributed by atoms with E-state index >= 15 is 0 Å². The van der Waals surface area contributed by atoms with Crippen LogP contribution in [0.25, 0.3) is 0 Å². The first-order valence-corrected chi connectivity index (χ1v) is 8.79. The minimum Gasteiger partial charge on any atom is -0.411 e. The lowest BCUT2D eigenvalue weighted by molar-refractivity contribution is 0.315. The highest BCUT2D eigenvalue weighted by atomic mass is 16.4. The number of benzene rings is 2. The van der Waals surface area contributed by atoms with Crippen LogP contribution in [0.2, 0.25) is 0 Å². The lowest BCUT2D eigenvalue weighted by Crippen LogP contribution is -2.38. The van der Waals surface area contributed by atoms with Gasteiger partial charge in [0.05, 0.1) is 11.1 Å². The number of hydrogen-bond donors (Lipinski definition) is 1. The van der Waals surface area contributed by atoms with Crippen molar-refractivity contribution in [3.63, 3.8) is 0 Å². The van der Waals surface area contributed by atoms with Crippen LogP contribution in [0, 0.1) is 26.2 Å². The van der Waals surface area contributed by atoms with Crippen molar-refractivity contribution >= 4 is 5.71 Å². The summed E-state index contributed by atoms with van der Waals surface area (Å²) in [5.74, 6) is 2.66. The Morgan fingerprint density at radius 1 is 1.04 bits per heavy atom. The summed E-state index contributed by atoms with van der Waals surface area (Å²) in [7, 11) is 0. The third-order valence-electron chi connectivity index (χ3n) is 5.06. The van der Waals surface area contributed by atoms with Crippen molar-refractivity contribution in [3.8, 4) is 12.3 Å². The number of aryl methyl sites for hydroxylation is 2. The van der Waals surface area contributed by atoms with Crippen molar-refractivity contribution in [2.24, 2.45) is 5.16 Å². The van der Waals surface area contributed by atoms with Crippen molar-refractivity contribution in [2.45, 2.75) is 26.2 Å². The Labute approximate surface area is 160 Å². The number of hydrogen-bond acceptors (Lipinski definition) is 3. The average molecular weight is 354 g/mol. The van der Waals surface area contributed by atoms with Crippen LogP contribution >= 0.6 is 0 Å². The zero-order chi connectivity index (χ0) is 19.4. The van der Waals surface area contributed by atoms with Gasteiger partial charge >= 0.3 is 0 Å². The van der Waals surface area contributed by atoms with Gasteiger partial charge in [0.1, 0.15) is 0 Å². The molecule has 1 atom stereocenters. The second kappa shape index (κ2) is 7.47. The molecule has 3 rings (SSSR count). The van der Waals surface area contributed by atoms with E-state index in [9.17, 15) is 5.21 Å². The number of terminal acetylenes is 1. The fourth-order valence-electron chi connectivity index (χ4n) is 3.75. The van der Waals surface area contributed by atoms with Gasteiger partial charge in [-0.25, -0.2) is 0 Å². The molecule has 134 valence electrons. The van der Waals surface area contributed by atoms with Crippen molar-refractivity contribution in [2.75, 3.05) is 0 Å². The topological polar surface area (TPSA) is 45.5 Å². The molecule has 0 spiro atoms. The van der Waals surface area contributed by atoms with Gasteiger partial charge in [-0.2, -0.15) is 0 Å². The minimum absolute atomic E-state index is 0.579. The maximum Gasteiger partial charge on any atom is 0.0868 e. The summed E-state index contributed by atoms with van der Waals surface area (Å²) >= 11 is 0. The molecule has 0 fully saturated rings. The Bertz CT molecular complexity index is 1030. The van der Waals surface area contributed by atoms with Crippen LogP contribution in [0.5, 0.6) is 0 Å². The molecule has 1 aromatic heterocycles. The maximum atomic E-state index is 9.86. The fraction of sp³-hybridized carbons (Fsp3) is 0.167. The molecule has 0 saturated heterocycles. The smallest absolute Gasteiger partial charge is 0.0868 e. The molecule has 0 aliphatic carbocycles. The molecule has 1 N–H and O–H groups in total. The quantitative estimate of drug-likeness (QED) is 0.315. The van der Waals surface area contributed by atoms with E-state index in [0.717, 1.165) is 33.5 Å². The van der Waals surface area contributed by atoms with Crippen molar-refractivity contribution in [1.29, 1.82) is 0 Å². The third kappa shape index (κ3) is 3.11. The van der Waals surface area contributed by atoms with Crippen LogP contribution in [0.1, 0.15) is 40.4 Å². The summed E-state index contributed by atoms with van der Waals surface area (Å²) in [5, 5.41) is 13.5. The number of oxime groups is 1. The highest BCUT2D eigenvalue weighted by Crippen LogP contribution is 2.42. The van der Waals surface area contributed by atoms with E-state index in [1.165, 1.54) is 0 Å². The van der Waals surface area contributed by atoms with Crippen molar-refractivity contribution < 1.29 is 5.21 Å². The molecule has 27 heavy (non-hydrogen) atoms.